The largest absolute Gasteiger partial charge is 0.491 e. The monoisotopic (exact) mass is 421 g/mol. The van der Waals surface area contributed by atoms with E-state index in [2.05, 4.69) is 20.4 Å². The van der Waals surface area contributed by atoms with E-state index >= 15 is 0 Å². The number of benzene rings is 1. The highest BCUT2D eigenvalue weighted by Crippen LogP contribution is 2.18. The molecule has 29 heavy (non-hydrogen) atoms. The Morgan fingerprint density at radius 3 is 2.72 bits per heavy atom. The van der Waals surface area contributed by atoms with Crippen molar-refractivity contribution in [3.8, 4) is 5.75 Å². The molecule has 2 aromatic rings. The zero-order chi connectivity index (χ0) is 19.3. The van der Waals surface area contributed by atoms with Crippen LogP contribution in [-0.4, -0.2) is 83.0 Å². The number of nitrogens with zero attached hydrogens (tertiary/aromatic N) is 3. The SMILES string of the molecule is Cl.O=C(c1n[nH]c2c1CNCC2)N1CCN(CC(O)COc2ccccc2)CC1. The van der Waals surface area contributed by atoms with Crippen LogP contribution < -0.4 is 10.1 Å². The van der Waals surface area contributed by atoms with Gasteiger partial charge in [-0.05, 0) is 12.1 Å². The third-order valence-electron chi connectivity index (χ3n) is 5.32. The minimum atomic E-state index is -0.563. The molecule has 3 N–H and O–H groups in total. The van der Waals surface area contributed by atoms with E-state index in [0.717, 1.165) is 43.1 Å². The molecule has 4 rings (SSSR count). The van der Waals surface area contributed by atoms with Crippen LogP contribution >= 0.6 is 12.4 Å². The quantitative estimate of drug-likeness (QED) is 0.635. The molecule has 3 heterocycles. The number of aliphatic hydroxyl groups excluding tert-OH is 1. The van der Waals surface area contributed by atoms with Crippen molar-refractivity contribution < 1.29 is 14.6 Å². The van der Waals surface area contributed by atoms with E-state index in [4.69, 9.17) is 4.74 Å². The first-order valence-corrected chi connectivity index (χ1v) is 9.85. The molecule has 1 aromatic carbocycles. The van der Waals surface area contributed by atoms with Crippen LogP contribution in [0.25, 0.3) is 0 Å². The van der Waals surface area contributed by atoms with Crippen LogP contribution in [0.5, 0.6) is 5.75 Å². The number of halogens is 1. The molecule has 0 bridgehead atoms. The number of ether oxygens (including phenoxy) is 1. The Kier molecular flexibility index (Phi) is 7.49. The lowest BCUT2D eigenvalue weighted by atomic mass is 10.1. The van der Waals surface area contributed by atoms with Gasteiger partial charge in [0.1, 0.15) is 18.5 Å². The van der Waals surface area contributed by atoms with Gasteiger partial charge >= 0.3 is 0 Å². The van der Waals surface area contributed by atoms with E-state index in [-0.39, 0.29) is 24.9 Å². The predicted octanol–water partition coefficient (Wildman–Crippen LogP) is 0.675. The zero-order valence-electron chi connectivity index (χ0n) is 16.3. The Morgan fingerprint density at radius 2 is 1.97 bits per heavy atom. The van der Waals surface area contributed by atoms with E-state index in [0.29, 0.717) is 31.9 Å². The van der Waals surface area contributed by atoms with Crippen LogP contribution in [0, 0.1) is 0 Å². The third-order valence-corrected chi connectivity index (χ3v) is 5.32. The van der Waals surface area contributed by atoms with Crippen molar-refractivity contribution in [2.24, 2.45) is 0 Å². The number of para-hydroxylation sites is 1. The minimum Gasteiger partial charge on any atom is -0.491 e. The van der Waals surface area contributed by atoms with Gasteiger partial charge in [-0.1, -0.05) is 18.2 Å². The molecular formula is C20H28ClN5O3. The van der Waals surface area contributed by atoms with Gasteiger partial charge < -0.3 is 20.1 Å². The Hall–Kier alpha value is -2.13. The van der Waals surface area contributed by atoms with Crippen LogP contribution in [0.3, 0.4) is 0 Å². The number of fused-ring (bicyclic) bond motifs is 1. The second-order valence-electron chi connectivity index (χ2n) is 7.33. The summed E-state index contributed by atoms with van der Waals surface area (Å²) < 4.78 is 5.61. The van der Waals surface area contributed by atoms with E-state index in [9.17, 15) is 9.90 Å². The molecule has 2 aliphatic heterocycles. The maximum atomic E-state index is 12.8. The molecule has 9 heteroatoms. The molecule has 0 radical (unpaired) electrons. The van der Waals surface area contributed by atoms with Crippen molar-refractivity contribution in [1.29, 1.82) is 0 Å². The summed E-state index contributed by atoms with van der Waals surface area (Å²) in [5.74, 6) is 0.752. The number of piperazine rings is 1. The maximum Gasteiger partial charge on any atom is 0.274 e. The van der Waals surface area contributed by atoms with Gasteiger partial charge in [0.2, 0.25) is 0 Å². The summed E-state index contributed by atoms with van der Waals surface area (Å²) in [7, 11) is 0. The number of amides is 1. The summed E-state index contributed by atoms with van der Waals surface area (Å²) in [6.07, 6.45) is 0.318. The number of hydrogen-bond donors (Lipinski definition) is 3. The summed E-state index contributed by atoms with van der Waals surface area (Å²) in [6.45, 7) is 5.16. The molecule has 1 fully saturated rings. The number of H-pyrrole nitrogens is 1. The molecule has 1 saturated heterocycles. The summed E-state index contributed by atoms with van der Waals surface area (Å²) in [5, 5.41) is 20.8. The number of aromatic nitrogens is 2. The van der Waals surface area contributed by atoms with Crippen LogP contribution in [0.4, 0.5) is 0 Å². The molecule has 1 atom stereocenters. The fraction of sp³-hybridized carbons (Fsp3) is 0.500. The molecular weight excluding hydrogens is 394 g/mol. The number of aliphatic hydroxyl groups is 1. The predicted molar refractivity (Wildman–Crippen MR) is 112 cm³/mol. The minimum absolute atomic E-state index is 0. The van der Waals surface area contributed by atoms with Gasteiger partial charge in [0.05, 0.1) is 0 Å². The molecule has 158 valence electrons. The number of β-amino-alcohol motifs (C(OH)–C–C–N with tert-alkyl or cyclic N) is 1. The van der Waals surface area contributed by atoms with Gasteiger partial charge in [-0.15, -0.1) is 12.4 Å². The third kappa shape index (κ3) is 5.27. The lowest BCUT2D eigenvalue weighted by molar-refractivity contribution is 0.0400. The van der Waals surface area contributed by atoms with E-state index in [1.165, 1.54) is 0 Å². The summed E-state index contributed by atoms with van der Waals surface area (Å²) in [6, 6.07) is 9.50. The molecule has 0 aliphatic carbocycles. The van der Waals surface area contributed by atoms with Crippen LogP contribution in [0.1, 0.15) is 21.7 Å². The summed E-state index contributed by atoms with van der Waals surface area (Å²) >= 11 is 0. The van der Waals surface area contributed by atoms with Crippen LogP contribution in [-0.2, 0) is 13.0 Å². The average molecular weight is 422 g/mol. The van der Waals surface area contributed by atoms with E-state index in [1.807, 2.05) is 35.2 Å². The first kappa shape index (κ1) is 21.6. The topological polar surface area (TPSA) is 93.7 Å². The smallest absolute Gasteiger partial charge is 0.274 e. The second kappa shape index (κ2) is 10.1. The van der Waals surface area contributed by atoms with Crippen molar-refractivity contribution in [3.05, 3.63) is 47.3 Å². The van der Waals surface area contributed by atoms with Crippen molar-refractivity contribution in [2.75, 3.05) is 45.9 Å². The maximum absolute atomic E-state index is 12.8. The normalized spacial score (nSPS) is 17.9. The van der Waals surface area contributed by atoms with Crippen molar-refractivity contribution in [1.82, 2.24) is 25.3 Å². The van der Waals surface area contributed by atoms with Crippen LogP contribution in [0.2, 0.25) is 0 Å². The van der Waals surface area contributed by atoms with Gasteiger partial charge in [-0.3, -0.25) is 14.8 Å². The summed E-state index contributed by atoms with van der Waals surface area (Å²) in [5.41, 5.74) is 2.63. The van der Waals surface area contributed by atoms with Crippen LogP contribution in [0.15, 0.2) is 30.3 Å². The average Bonchev–Trinajstić information content (AvgIpc) is 3.17. The Bertz CT molecular complexity index is 793. The Balaban J connectivity index is 0.00000240. The molecule has 8 nitrogen and oxygen atoms in total. The van der Waals surface area contributed by atoms with Gasteiger partial charge in [-0.25, -0.2) is 0 Å². The van der Waals surface area contributed by atoms with Crippen molar-refractivity contribution in [3.63, 3.8) is 0 Å². The molecule has 2 aliphatic rings. The lowest BCUT2D eigenvalue weighted by Crippen LogP contribution is -2.51. The molecule has 1 unspecified atom stereocenters. The number of rotatable bonds is 6. The Morgan fingerprint density at radius 1 is 1.21 bits per heavy atom. The highest BCUT2D eigenvalue weighted by Gasteiger charge is 2.28. The molecule has 1 aromatic heterocycles. The highest BCUT2D eigenvalue weighted by atomic mass is 35.5. The standard InChI is InChI=1S/C20H27N5O3.ClH/c26-15(14-28-16-4-2-1-3-5-16)13-24-8-10-25(11-9-24)20(27)19-17-12-21-7-6-18(17)22-23-19;/h1-5,15,21,26H,6-14H2,(H,22,23);1H. The summed E-state index contributed by atoms with van der Waals surface area (Å²) in [4.78, 5) is 16.9. The van der Waals surface area contributed by atoms with Gasteiger partial charge in [0.25, 0.3) is 5.91 Å². The highest BCUT2D eigenvalue weighted by molar-refractivity contribution is 5.94. The van der Waals surface area contributed by atoms with Gasteiger partial charge in [-0.2, -0.15) is 5.10 Å². The second-order valence-corrected chi connectivity index (χ2v) is 7.33. The first-order valence-electron chi connectivity index (χ1n) is 9.85. The van der Waals surface area contributed by atoms with E-state index in [1.54, 1.807) is 0 Å². The Labute approximate surface area is 176 Å². The molecule has 0 saturated carbocycles. The zero-order valence-corrected chi connectivity index (χ0v) is 17.2. The number of aromatic amines is 1. The van der Waals surface area contributed by atoms with E-state index < -0.39 is 6.10 Å². The number of carbonyl (C=O) groups excluding carboxylic acids is 1. The van der Waals surface area contributed by atoms with Gasteiger partial charge in [0, 0.05) is 63.5 Å². The number of nitrogens with one attached hydrogen (secondary N) is 2. The fourth-order valence-electron chi connectivity index (χ4n) is 3.75. The number of hydrogen-bond acceptors (Lipinski definition) is 6. The fourth-order valence-corrected chi connectivity index (χ4v) is 3.75. The van der Waals surface area contributed by atoms with Crippen molar-refractivity contribution in [2.45, 2.75) is 19.1 Å². The number of carbonyl (C=O) groups is 1. The molecule has 0 spiro atoms. The van der Waals surface area contributed by atoms with Crippen molar-refractivity contribution >= 4 is 18.3 Å². The first-order chi connectivity index (χ1) is 13.7. The molecule has 1 amide bonds. The van der Waals surface area contributed by atoms with Gasteiger partial charge in [0.15, 0.2) is 5.69 Å². The lowest BCUT2D eigenvalue weighted by Gasteiger charge is -2.35.